The fourth-order valence-corrected chi connectivity index (χ4v) is 1.94. The molecule has 2 N–H and O–H groups in total. The number of rotatable bonds is 6. The largest absolute Gasteiger partial charge is 0.352 e. The molecule has 1 aromatic rings. The Morgan fingerprint density at radius 2 is 2.28 bits per heavy atom. The number of nitrogens with one attached hydrogen (secondary N) is 2. The Kier molecular flexibility index (Phi) is 4.31. The average Bonchev–Trinajstić information content (AvgIpc) is 3.14. The smallest absolute Gasteiger partial charge is 0.234 e. The van der Waals surface area contributed by atoms with Crippen molar-refractivity contribution in [3.63, 3.8) is 0 Å². The van der Waals surface area contributed by atoms with Crippen molar-refractivity contribution in [2.45, 2.75) is 38.3 Å². The van der Waals surface area contributed by atoms with Crippen LogP contribution in [-0.4, -0.2) is 18.5 Å². The summed E-state index contributed by atoms with van der Waals surface area (Å²) in [5.74, 6) is -0.220. The van der Waals surface area contributed by atoms with Crippen LogP contribution in [-0.2, 0) is 4.79 Å². The van der Waals surface area contributed by atoms with E-state index in [4.69, 9.17) is 0 Å². The topological polar surface area (TPSA) is 41.1 Å². The van der Waals surface area contributed by atoms with Crippen molar-refractivity contribution in [3.05, 3.63) is 35.6 Å². The summed E-state index contributed by atoms with van der Waals surface area (Å²) in [4.78, 5) is 11.6. The maximum atomic E-state index is 13.1. The molecule has 0 aliphatic heterocycles. The van der Waals surface area contributed by atoms with E-state index in [1.807, 2.05) is 13.0 Å². The number of carbonyl (C=O) groups is 1. The lowest BCUT2D eigenvalue weighted by molar-refractivity contribution is -0.120. The molecule has 0 radical (unpaired) electrons. The quantitative estimate of drug-likeness (QED) is 0.812. The lowest BCUT2D eigenvalue weighted by atomic mass is 10.0. The zero-order valence-corrected chi connectivity index (χ0v) is 10.6. The molecule has 4 heteroatoms. The summed E-state index contributed by atoms with van der Waals surface area (Å²) in [6.07, 6.45) is 3.00. The number of hydrogen-bond acceptors (Lipinski definition) is 2. The summed E-state index contributed by atoms with van der Waals surface area (Å²) < 4.78 is 13.1. The van der Waals surface area contributed by atoms with Gasteiger partial charge in [0.15, 0.2) is 0 Å². The third-order valence-electron chi connectivity index (χ3n) is 3.11. The van der Waals surface area contributed by atoms with E-state index >= 15 is 0 Å². The van der Waals surface area contributed by atoms with Gasteiger partial charge < -0.3 is 10.6 Å². The van der Waals surface area contributed by atoms with Crippen LogP contribution < -0.4 is 10.6 Å². The Bertz CT molecular complexity index is 418. The van der Waals surface area contributed by atoms with E-state index in [0.717, 1.165) is 24.8 Å². The Hall–Kier alpha value is -1.42. The van der Waals surface area contributed by atoms with Crippen molar-refractivity contribution in [1.82, 2.24) is 10.6 Å². The number of halogens is 1. The van der Waals surface area contributed by atoms with Crippen molar-refractivity contribution in [2.75, 3.05) is 6.54 Å². The van der Waals surface area contributed by atoms with Crippen LogP contribution >= 0.6 is 0 Å². The van der Waals surface area contributed by atoms with Gasteiger partial charge in [-0.05, 0) is 37.0 Å². The molecule has 98 valence electrons. The molecule has 1 saturated carbocycles. The molecule has 0 saturated heterocycles. The number of hydrogen-bond donors (Lipinski definition) is 2. The predicted octanol–water partition coefficient (Wildman–Crippen LogP) is 2.14. The molecule has 3 nitrogen and oxygen atoms in total. The normalized spacial score (nSPS) is 16.3. The molecular formula is C14H19FN2O. The van der Waals surface area contributed by atoms with Crippen LogP contribution in [0.25, 0.3) is 0 Å². The van der Waals surface area contributed by atoms with Crippen molar-refractivity contribution >= 4 is 5.91 Å². The minimum atomic E-state index is -0.241. The van der Waals surface area contributed by atoms with Gasteiger partial charge in [0, 0.05) is 12.1 Å². The van der Waals surface area contributed by atoms with Crippen molar-refractivity contribution < 1.29 is 9.18 Å². The first kappa shape index (κ1) is 13.0. The molecule has 18 heavy (non-hydrogen) atoms. The molecule has 2 rings (SSSR count). The minimum absolute atomic E-state index is 0.0191. The molecule has 1 aliphatic carbocycles. The maximum Gasteiger partial charge on any atom is 0.234 e. The maximum absolute atomic E-state index is 13.1. The van der Waals surface area contributed by atoms with Gasteiger partial charge in [-0.15, -0.1) is 0 Å². The van der Waals surface area contributed by atoms with Crippen molar-refractivity contribution in [3.8, 4) is 0 Å². The highest BCUT2D eigenvalue weighted by Gasteiger charge is 2.23. The van der Waals surface area contributed by atoms with Crippen LogP contribution in [0.2, 0.25) is 0 Å². The SMILES string of the molecule is CCC(NCC(=O)NC1CC1)c1cccc(F)c1. The summed E-state index contributed by atoms with van der Waals surface area (Å²) >= 11 is 0. The Morgan fingerprint density at radius 1 is 1.50 bits per heavy atom. The second-order valence-corrected chi connectivity index (χ2v) is 4.74. The molecule has 1 unspecified atom stereocenters. The van der Waals surface area contributed by atoms with Gasteiger partial charge in [0.05, 0.1) is 6.54 Å². The summed E-state index contributed by atoms with van der Waals surface area (Å²) in [6.45, 7) is 2.30. The van der Waals surface area contributed by atoms with Gasteiger partial charge in [-0.3, -0.25) is 4.79 Å². The number of benzene rings is 1. The van der Waals surface area contributed by atoms with Gasteiger partial charge in [-0.25, -0.2) is 4.39 Å². The molecule has 1 amide bonds. The van der Waals surface area contributed by atoms with Crippen LogP contribution in [0.15, 0.2) is 24.3 Å². The summed E-state index contributed by atoms with van der Waals surface area (Å²) in [7, 11) is 0. The van der Waals surface area contributed by atoms with E-state index in [1.165, 1.54) is 12.1 Å². The highest BCUT2D eigenvalue weighted by molar-refractivity contribution is 5.78. The highest BCUT2D eigenvalue weighted by Crippen LogP contribution is 2.19. The third kappa shape index (κ3) is 3.81. The summed E-state index contributed by atoms with van der Waals surface area (Å²) in [6, 6.07) is 6.91. The van der Waals surface area contributed by atoms with Gasteiger partial charge in [-0.2, -0.15) is 0 Å². The van der Waals surface area contributed by atoms with E-state index in [1.54, 1.807) is 6.07 Å². The first-order valence-corrected chi connectivity index (χ1v) is 6.47. The Balaban J connectivity index is 1.86. The van der Waals surface area contributed by atoms with E-state index in [-0.39, 0.29) is 24.3 Å². The number of carbonyl (C=O) groups excluding carboxylic acids is 1. The second kappa shape index (κ2) is 5.96. The van der Waals surface area contributed by atoms with E-state index in [0.29, 0.717) is 6.04 Å². The lowest BCUT2D eigenvalue weighted by Gasteiger charge is -2.17. The molecule has 0 heterocycles. The van der Waals surface area contributed by atoms with Gasteiger partial charge in [0.2, 0.25) is 5.91 Å². The molecular weight excluding hydrogens is 231 g/mol. The first-order chi connectivity index (χ1) is 8.69. The minimum Gasteiger partial charge on any atom is -0.352 e. The molecule has 1 fully saturated rings. The van der Waals surface area contributed by atoms with E-state index in [2.05, 4.69) is 10.6 Å². The van der Waals surface area contributed by atoms with Gasteiger partial charge in [0.25, 0.3) is 0 Å². The summed E-state index contributed by atoms with van der Waals surface area (Å²) in [5, 5.41) is 6.09. The fourth-order valence-electron chi connectivity index (χ4n) is 1.94. The van der Waals surface area contributed by atoms with E-state index < -0.39 is 0 Å². The molecule has 0 aromatic heterocycles. The summed E-state index contributed by atoms with van der Waals surface area (Å²) in [5.41, 5.74) is 0.886. The zero-order chi connectivity index (χ0) is 13.0. The Labute approximate surface area is 107 Å². The van der Waals surface area contributed by atoms with Crippen LogP contribution in [0.4, 0.5) is 4.39 Å². The van der Waals surface area contributed by atoms with E-state index in [9.17, 15) is 9.18 Å². The average molecular weight is 250 g/mol. The second-order valence-electron chi connectivity index (χ2n) is 4.74. The number of amides is 1. The van der Waals surface area contributed by atoms with Crippen LogP contribution in [0.3, 0.4) is 0 Å². The molecule has 1 aromatic carbocycles. The van der Waals surface area contributed by atoms with Crippen molar-refractivity contribution in [1.29, 1.82) is 0 Å². The lowest BCUT2D eigenvalue weighted by Crippen LogP contribution is -2.36. The molecule has 1 atom stereocenters. The zero-order valence-electron chi connectivity index (χ0n) is 10.6. The van der Waals surface area contributed by atoms with Crippen LogP contribution in [0.1, 0.15) is 37.8 Å². The fraction of sp³-hybridized carbons (Fsp3) is 0.500. The molecule has 0 bridgehead atoms. The standard InChI is InChI=1S/C14H19FN2O/c1-2-13(10-4-3-5-11(15)8-10)16-9-14(18)17-12-6-7-12/h3-5,8,12-13,16H,2,6-7,9H2,1H3,(H,17,18). The van der Waals surface area contributed by atoms with Gasteiger partial charge in [0.1, 0.15) is 5.82 Å². The van der Waals surface area contributed by atoms with Crippen LogP contribution in [0, 0.1) is 5.82 Å². The van der Waals surface area contributed by atoms with Gasteiger partial charge >= 0.3 is 0 Å². The first-order valence-electron chi connectivity index (χ1n) is 6.47. The highest BCUT2D eigenvalue weighted by atomic mass is 19.1. The third-order valence-corrected chi connectivity index (χ3v) is 3.11. The molecule has 1 aliphatic rings. The predicted molar refractivity (Wildman–Crippen MR) is 68.6 cm³/mol. The molecule has 0 spiro atoms. The van der Waals surface area contributed by atoms with Gasteiger partial charge in [-0.1, -0.05) is 19.1 Å². The van der Waals surface area contributed by atoms with Crippen LogP contribution in [0.5, 0.6) is 0 Å². The monoisotopic (exact) mass is 250 g/mol. The van der Waals surface area contributed by atoms with Crippen molar-refractivity contribution in [2.24, 2.45) is 0 Å². The Morgan fingerprint density at radius 3 is 2.89 bits per heavy atom.